The fourth-order valence-electron chi connectivity index (χ4n) is 3.03. The first-order valence-electron chi connectivity index (χ1n) is 7.80. The van der Waals surface area contributed by atoms with Crippen LogP contribution in [0.3, 0.4) is 0 Å². The standard InChI is InChI=1S/C14H27N5O/c1-4-5-8-19-14(15-16-17-19)13-7-6-12(10-20)18(13)9-11(2)3/h11-13,20H,4-10H2,1-3H3/t12-,13-/m0/s1. The highest BCUT2D eigenvalue weighted by Crippen LogP contribution is 2.35. The van der Waals surface area contributed by atoms with Gasteiger partial charge in [-0.2, -0.15) is 0 Å². The van der Waals surface area contributed by atoms with E-state index in [1.54, 1.807) is 0 Å². The molecule has 1 saturated heterocycles. The molecule has 2 rings (SSSR count). The van der Waals surface area contributed by atoms with Gasteiger partial charge in [0.15, 0.2) is 5.82 Å². The maximum Gasteiger partial charge on any atom is 0.168 e. The van der Waals surface area contributed by atoms with E-state index in [4.69, 9.17) is 0 Å². The Morgan fingerprint density at radius 3 is 2.80 bits per heavy atom. The van der Waals surface area contributed by atoms with Crippen molar-refractivity contribution in [2.24, 2.45) is 5.92 Å². The van der Waals surface area contributed by atoms with Gasteiger partial charge in [-0.3, -0.25) is 4.90 Å². The molecule has 0 bridgehead atoms. The molecule has 1 aromatic rings. The molecule has 2 atom stereocenters. The lowest BCUT2D eigenvalue weighted by molar-refractivity contribution is 0.111. The molecule has 0 amide bonds. The molecule has 0 radical (unpaired) electrons. The Bertz CT molecular complexity index is 406. The van der Waals surface area contributed by atoms with Crippen LogP contribution < -0.4 is 0 Å². The van der Waals surface area contributed by atoms with Crippen LogP contribution >= 0.6 is 0 Å². The average Bonchev–Trinajstić information content (AvgIpc) is 3.01. The van der Waals surface area contributed by atoms with Crippen LogP contribution in [0.5, 0.6) is 0 Å². The van der Waals surface area contributed by atoms with Crippen molar-refractivity contribution in [3.63, 3.8) is 0 Å². The number of unbranched alkanes of at least 4 members (excludes halogenated alkanes) is 1. The maximum atomic E-state index is 9.58. The number of aliphatic hydroxyl groups is 1. The number of rotatable bonds is 7. The van der Waals surface area contributed by atoms with Crippen LogP contribution in [-0.2, 0) is 6.54 Å². The summed E-state index contributed by atoms with van der Waals surface area (Å²) >= 11 is 0. The van der Waals surface area contributed by atoms with Crippen molar-refractivity contribution in [3.8, 4) is 0 Å². The fourth-order valence-corrected chi connectivity index (χ4v) is 3.03. The zero-order valence-electron chi connectivity index (χ0n) is 12.9. The second-order valence-corrected chi connectivity index (χ2v) is 6.13. The molecule has 1 N–H and O–H groups in total. The number of hydrogen-bond donors (Lipinski definition) is 1. The van der Waals surface area contributed by atoms with Gasteiger partial charge in [-0.1, -0.05) is 27.2 Å². The van der Waals surface area contributed by atoms with E-state index in [0.717, 1.165) is 44.6 Å². The SMILES string of the molecule is CCCCn1nnnc1[C@@H]1CC[C@@H](CO)N1CC(C)C. The summed E-state index contributed by atoms with van der Waals surface area (Å²) < 4.78 is 1.95. The van der Waals surface area contributed by atoms with Crippen LogP contribution in [0.25, 0.3) is 0 Å². The number of aliphatic hydroxyl groups excluding tert-OH is 1. The lowest BCUT2D eigenvalue weighted by Crippen LogP contribution is -2.37. The number of hydrogen-bond acceptors (Lipinski definition) is 5. The minimum Gasteiger partial charge on any atom is -0.395 e. The summed E-state index contributed by atoms with van der Waals surface area (Å²) in [5.41, 5.74) is 0. The van der Waals surface area contributed by atoms with Gasteiger partial charge < -0.3 is 5.11 Å². The first-order valence-corrected chi connectivity index (χ1v) is 7.80. The fraction of sp³-hybridized carbons (Fsp3) is 0.929. The van der Waals surface area contributed by atoms with Crippen LogP contribution in [-0.4, -0.2) is 49.4 Å². The molecule has 1 aliphatic rings. The summed E-state index contributed by atoms with van der Waals surface area (Å²) in [6.07, 6.45) is 4.29. The van der Waals surface area contributed by atoms with Crippen molar-refractivity contribution >= 4 is 0 Å². The van der Waals surface area contributed by atoms with Crippen molar-refractivity contribution in [3.05, 3.63) is 5.82 Å². The molecule has 6 heteroatoms. The van der Waals surface area contributed by atoms with E-state index in [0.29, 0.717) is 5.92 Å². The summed E-state index contributed by atoms with van der Waals surface area (Å²) in [5.74, 6) is 1.54. The lowest BCUT2D eigenvalue weighted by Gasteiger charge is -2.30. The predicted octanol–water partition coefficient (Wildman–Crippen LogP) is 1.63. The van der Waals surface area contributed by atoms with Crippen molar-refractivity contribution < 1.29 is 5.11 Å². The van der Waals surface area contributed by atoms with Gasteiger partial charge in [0.1, 0.15) is 0 Å². The number of likely N-dealkylation sites (tertiary alicyclic amines) is 1. The normalized spacial score (nSPS) is 23.9. The minimum absolute atomic E-state index is 0.222. The second kappa shape index (κ2) is 7.13. The number of aromatic nitrogens is 4. The molecular weight excluding hydrogens is 254 g/mol. The van der Waals surface area contributed by atoms with Gasteiger partial charge in [-0.05, 0) is 35.6 Å². The average molecular weight is 281 g/mol. The maximum absolute atomic E-state index is 9.58. The molecule has 20 heavy (non-hydrogen) atoms. The topological polar surface area (TPSA) is 67.1 Å². The van der Waals surface area contributed by atoms with Crippen LogP contribution in [0.2, 0.25) is 0 Å². The minimum atomic E-state index is 0.222. The van der Waals surface area contributed by atoms with Crippen LogP contribution in [0, 0.1) is 5.92 Å². The number of tetrazole rings is 1. The van der Waals surface area contributed by atoms with Gasteiger partial charge in [0.2, 0.25) is 0 Å². The molecule has 1 aliphatic heterocycles. The van der Waals surface area contributed by atoms with Crippen molar-refractivity contribution in [1.82, 2.24) is 25.1 Å². The molecule has 1 aromatic heterocycles. The molecule has 0 aromatic carbocycles. The Morgan fingerprint density at radius 2 is 2.15 bits per heavy atom. The van der Waals surface area contributed by atoms with Gasteiger partial charge in [0.05, 0.1) is 12.6 Å². The Morgan fingerprint density at radius 1 is 1.35 bits per heavy atom. The zero-order chi connectivity index (χ0) is 14.5. The third-order valence-electron chi connectivity index (χ3n) is 4.01. The van der Waals surface area contributed by atoms with Crippen LogP contribution in [0.15, 0.2) is 0 Å². The van der Waals surface area contributed by atoms with E-state index < -0.39 is 0 Å². The highest BCUT2D eigenvalue weighted by Gasteiger charge is 2.37. The molecule has 1 fully saturated rings. The van der Waals surface area contributed by atoms with Crippen molar-refractivity contribution in [2.45, 2.75) is 65.1 Å². The monoisotopic (exact) mass is 281 g/mol. The number of nitrogens with zero attached hydrogens (tertiary/aromatic N) is 5. The third kappa shape index (κ3) is 3.35. The highest BCUT2D eigenvalue weighted by atomic mass is 16.3. The Labute approximate surface area is 121 Å². The van der Waals surface area contributed by atoms with E-state index in [1.165, 1.54) is 0 Å². The first-order chi connectivity index (χ1) is 9.67. The van der Waals surface area contributed by atoms with Crippen LogP contribution in [0.4, 0.5) is 0 Å². The molecule has 6 nitrogen and oxygen atoms in total. The molecule has 0 aliphatic carbocycles. The summed E-state index contributed by atoms with van der Waals surface area (Å²) in [5, 5.41) is 21.8. The highest BCUT2D eigenvalue weighted by molar-refractivity contribution is 5.00. The van der Waals surface area contributed by atoms with Crippen molar-refractivity contribution in [2.75, 3.05) is 13.2 Å². The summed E-state index contributed by atoms with van der Waals surface area (Å²) in [4.78, 5) is 2.39. The number of aryl methyl sites for hydroxylation is 1. The molecule has 0 spiro atoms. The second-order valence-electron chi connectivity index (χ2n) is 6.13. The predicted molar refractivity (Wildman–Crippen MR) is 77.1 cm³/mol. The summed E-state index contributed by atoms with van der Waals surface area (Å²) in [6.45, 7) is 8.69. The molecule has 0 saturated carbocycles. The smallest absolute Gasteiger partial charge is 0.168 e. The molecular formula is C14H27N5O. The van der Waals surface area contributed by atoms with E-state index >= 15 is 0 Å². The molecule has 0 unspecified atom stereocenters. The quantitative estimate of drug-likeness (QED) is 0.822. The van der Waals surface area contributed by atoms with Gasteiger partial charge in [0, 0.05) is 19.1 Å². The lowest BCUT2D eigenvalue weighted by atomic mass is 10.1. The Balaban J connectivity index is 2.15. The molecule has 114 valence electrons. The summed E-state index contributed by atoms with van der Waals surface area (Å²) in [7, 11) is 0. The van der Waals surface area contributed by atoms with E-state index in [-0.39, 0.29) is 18.7 Å². The Hall–Kier alpha value is -1.01. The van der Waals surface area contributed by atoms with Gasteiger partial charge in [0.25, 0.3) is 0 Å². The van der Waals surface area contributed by atoms with Crippen molar-refractivity contribution in [1.29, 1.82) is 0 Å². The largest absolute Gasteiger partial charge is 0.395 e. The van der Waals surface area contributed by atoms with E-state index in [1.807, 2.05) is 4.68 Å². The van der Waals surface area contributed by atoms with Gasteiger partial charge in [-0.25, -0.2) is 4.68 Å². The Kier molecular flexibility index (Phi) is 5.48. The zero-order valence-corrected chi connectivity index (χ0v) is 12.9. The first kappa shape index (κ1) is 15.4. The summed E-state index contributed by atoms with van der Waals surface area (Å²) in [6, 6.07) is 0.500. The van der Waals surface area contributed by atoms with Crippen LogP contribution in [0.1, 0.15) is 58.3 Å². The van der Waals surface area contributed by atoms with E-state index in [9.17, 15) is 5.11 Å². The van der Waals surface area contributed by atoms with Gasteiger partial charge in [-0.15, -0.1) is 5.10 Å². The molecule has 2 heterocycles. The van der Waals surface area contributed by atoms with E-state index in [2.05, 4.69) is 41.2 Å². The van der Waals surface area contributed by atoms with Gasteiger partial charge >= 0.3 is 0 Å². The third-order valence-corrected chi connectivity index (χ3v) is 4.01.